The molecule has 5 saturated heterocycles. The first-order valence-corrected chi connectivity index (χ1v) is 19.2. The summed E-state index contributed by atoms with van der Waals surface area (Å²) in [5.41, 5.74) is 8.39. The highest BCUT2D eigenvalue weighted by atomic mass is 16.5. The van der Waals surface area contributed by atoms with E-state index in [0.29, 0.717) is 30.9 Å². The number of ether oxygens (including phenoxy) is 1. The van der Waals surface area contributed by atoms with Crippen molar-refractivity contribution in [2.75, 3.05) is 42.6 Å². The van der Waals surface area contributed by atoms with Crippen molar-refractivity contribution in [3.63, 3.8) is 0 Å². The van der Waals surface area contributed by atoms with E-state index in [1.165, 1.54) is 22.3 Å². The summed E-state index contributed by atoms with van der Waals surface area (Å²) in [6.45, 7) is 3.45. The second kappa shape index (κ2) is 9.08. The van der Waals surface area contributed by atoms with Gasteiger partial charge in [-0.3, -0.25) is 19.4 Å². The highest BCUT2D eigenvalue weighted by Gasteiger charge is 2.74. The second-order valence-electron chi connectivity index (χ2n) is 17.4. The molecular formula is C42H42N4O4. The summed E-state index contributed by atoms with van der Waals surface area (Å²) in [4.78, 5) is 39.5. The van der Waals surface area contributed by atoms with Gasteiger partial charge >= 0.3 is 0 Å². The highest BCUT2D eigenvalue weighted by Crippen LogP contribution is 2.69. The van der Waals surface area contributed by atoms with Crippen molar-refractivity contribution in [1.82, 2.24) is 9.80 Å². The van der Waals surface area contributed by atoms with E-state index in [4.69, 9.17) is 4.74 Å². The zero-order valence-electron chi connectivity index (χ0n) is 28.2. The smallest absolute Gasteiger partial charge is 0.255 e. The van der Waals surface area contributed by atoms with Crippen molar-refractivity contribution in [2.24, 2.45) is 23.7 Å². The molecule has 2 saturated carbocycles. The number of rotatable bonds is 2. The van der Waals surface area contributed by atoms with Crippen LogP contribution in [0.2, 0.25) is 0 Å². The number of piperidine rings is 3. The number of para-hydroxylation sites is 2. The Labute approximate surface area is 292 Å². The number of benzene rings is 2. The fourth-order valence-corrected chi connectivity index (χ4v) is 15.0. The van der Waals surface area contributed by atoms with Gasteiger partial charge in [0, 0.05) is 70.8 Å². The molecule has 12 atom stereocenters. The fourth-order valence-electron chi connectivity index (χ4n) is 15.0. The van der Waals surface area contributed by atoms with Crippen LogP contribution in [0.3, 0.4) is 0 Å². The molecule has 50 heavy (non-hydrogen) atoms. The van der Waals surface area contributed by atoms with Gasteiger partial charge in [0.2, 0.25) is 5.91 Å². The Morgan fingerprint density at radius 2 is 1.68 bits per heavy atom. The molecule has 8 nitrogen and oxygen atoms in total. The van der Waals surface area contributed by atoms with Crippen LogP contribution in [-0.2, 0) is 25.2 Å². The van der Waals surface area contributed by atoms with E-state index in [9.17, 15) is 9.90 Å². The lowest BCUT2D eigenvalue weighted by molar-refractivity contribution is -0.132. The van der Waals surface area contributed by atoms with Crippen LogP contribution in [0.1, 0.15) is 43.2 Å². The van der Waals surface area contributed by atoms with Crippen molar-refractivity contribution in [1.29, 1.82) is 0 Å². The predicted molar refractivity (Wildman–Crippen MR) is 187 cm³/mol. The third-order valence-electron chi connectivity index (χ3n) is 16.3. The molecule has 11 aliphatic rings. The standard InChI is InChI=1S/C42H42N4O4/c47-13-9-22-20-43-12-11-41-28-5-1-4-8-31(28)46-38(41)26(24(22)16-34(41)43)15-27(40(46)49)32-19-42-29-6-2-3-7-30(29)45-36(48)18-33-37(39(42)45)25-17-35(42)44(32)21-23(25)10-14-50-33/h1-10,15,24-26,32-35,37-39,47H,11-14,16-21H2/b22-9-/t24?,25?,26-,32+,33?,34?,35?,37?,38-,39-,41+,42+/m0/s1. The molecule has 2 aromatic rings. The predicted octanol–water partition coefficient (Wildman–Crippen LogP) is 3.70. The van der Waals surface area contributed by atoms with Gasteiger partial charge in [0.15, 0.2) is 0 Å². The van der Waals surface area contributed by atoms with E-state index in [0.717, 1.165) is 62.3 Å². The van der Waals surface area contributed by atoms with E-state index in [-0.39, 0.29) is 71.4 Å². The van der Waals surface area contributed by atoms with Crippen LogP contribution >= 0.6 is 0 Å². The van der Waals surface area contributed by atoms with Crippen molar-refractivity contribution in [3.8, 4) is 0 Å². The SMILES string of the molecule is O=C1CC2OCC=C3CN4C5CC3C2[C@@H]2N1c1ccccc1[C@]52C[C@@H]4C1=C[C@H]2C3CC4N(CC[C@@]45c4ccccc4N(C1=O)[C@@H]25)C/C3=C/CO. The van der Waals surface area contributed by atoms with Gasteiger partial charge in [-0.2, -0.15) is 0 Å². The van der Waals surface area contributed by atoms with Gasteiger partial charge in [-0.1, -0.05) is 65.8 Å². The molecule has 9 heterocycles. The van der Waals surface area contributed by atoms with E-state index in [1.807, 2.05) is 0 Å². The van der Waals surface area contributed by atoms with E-state index >= 15 is 4.79 Å². The second-order valence-corrected chi connectivity index (χ2v) is 17.4. The lowest BCUT2D eigenvalue weighted by Gasteiger charge is -2.59. The Morgan fingerprint density at radius 3 is 2.52 bits per heavy atom. The third kappa shape index (κ3) is 2.89. The minimum Gasteiger partial charge on any atom is -0.392 e. The lowest BCUT2D eigenvalue weighted by Crippen LogP contribution is -2.69. The summed E-state index contributed by atoms with van der Waals surface area (Å²) in [5, 5.41) is 10.2. The van der Waals surface area contributed by atoms with Gasteiger partial charge in [-0.05, 0) is 67.3 Å². The number of aliphatic hydroxyl groups is 1. The molecule has 7 fully saturated rings. The fraction of sp³-hybridized carbons (Fsp3) is 0.524. The molecule has 2 spiro atoms. The van der Waals surface area contributed by atoms with Gasteiger partial charge in [-0.25, -0.2) is 0 Å². The molecule has 8 heteroatoms. The Hall–Kier alpha value is -3.56. The molecule has 0 aromatic heterocycles. The van der Waals surface area contributed by atoms with Crippen LogP contribution in [0.25, 0.3) is 0 Å². The van der Waals surface area contributed by atoms with Gasteiger partial charge in [-0.15, -0.1) is 0 Å². The number of carbonyl (C=O) groups excluding carboxylic acids is 2. The molecule has 9 aliphatic heterocycles. The number of anilines is 2. The van der Waals surface area contributed by atoms with Gasteiger partial charge in [0.05, 0.1) is 37.8 Å². The van der Waals surface area contributed by atoms with Gasteiger partial charge in [0.25, 0.3) is 5.91 Å². The Balaban J connectivity index is 1.02. The molecule has 2 amide bonds. The van der Waals surface area contributed by atoms with E-state index in [1.54, 1.807) is 0 Å². The van der Waals surface area contributed by atoms with Crippen LogP contribution in [0.4, 0.5) is 11.4 Å². The average Bonchev–Trinajstić information content (AvgIpc) is 3.83. The number of carbonyl (C=O) groups is 2. The van der Waals surface area contributed by atoms with Crippen LogP contribution < -0.4 is 9.80 Å². The molecule has 4 bridgehead atoms. The highest BCUT2D eigenvalue weighted by molar-refractivity contribution is 6.10. The largest absolute Gasteiger partial charge is 0.392 e. The first kappa shape index (κ1) is 28.1. The molecule has 2 aromatic carbocycles. The summed E-state index contributed by atoms with van der Waals surface area (Å²) in [7, 11) is 0. The van der Waals surface area contributed by atoms with Crippen molar-refractivity contribution in [3.05, 3.63) is 94.6 Å². The summed E-state index contributed by atoms with van der Waals surface area (Å²) < 4.78 is 6.53. The minimum atomic E-state index is -0.242. The summed E-state index contributed by atoms with van der Waals surface area (Å²) >= 11 is 0. The lowest BCUT2D eigenvalue weighted by atomic mass is 9.53. The topological polar surface area (TPSA) is 76.6 Å². The third-order valence-corrected chi connectivity index (χ3v) is 16.3. The first-order valence-electron chi connectivity index (χ1n) is 19.2. The van der Waals surface area contributed by atoms with Crippen LogP contribution in [0.5, 0.6) is 0 Å². The molecule has 254 valence electrons. The van der Waals surface area contributed by atoms with Crippen molar-refractivity contribution >= 4 is 23.2 Å². The van der Waals surface area contributed by atoms with Gasteiger partial charge < -0.3 is 19.6 Å². The van der Waals surface area contributed by atoms with Crippen LogP contribution in [0.15, 0.2) is 83.5 Å². The number of aliphatic hydroxyl groups excluding tert-OH is 1. The number of hydrogen-bond donors (Lipinski definition) is 1. The summed E-state index contributed by atoms with van der Waals surface area (Å²) in [6, 6.07) is 18.4. The summed E-state index contributed by atoms with van der Waals surface area (Å²) in [6.07, 6.45) is 11.3. The number of nitrogens with zero attached hydrogens (tertiary/aromatic N) is 4. The molecule has 13 rings (SSSR count). The molecule has 1 N–H and O–H groups in total. The van der Waals surface area contributed by atoms with Crippen molar-refractivity contribution < 1.29 is 19.4 Å². The quantitative estimate of drug-likeness (QED) is 0.493. The zero-order chi connectivity index (χ0) is 32.8. The first-order chi connectivity index (χ1) is 24.5. The molecule has 6 unspecified atom stereocenters. The van der Waals surface area contributed by atoms with Gasteiger partial charge in [0.1, 0.15) is 0 Å². The Bertz CT molecular complexity index is 2060. The molecule has 0 radical (unpaired) electrons. The molecule has 2 aliphatic carbocycles. The van der Waals surface area contributed by atoms with E-state index < -0.39 is 0 Å². The number of fused-ring (bicyclic) bond motifs is 6. The maximum absolute atomic E-state index is 15.5. The normalized spacial score (nSPS) is 46.1. The van der Waals surface area contributed by atoms with Crippen molar-refractivity contribution in [2.45, 2.75) is 79.2 Å². The van der Waals surface area contributed by atoms with Crippen LogP contribution in [-0.4, -0.2) is 95.9 Å². The maximum Gasteiger partial charge on any atom is 0.255 e. The van der Waals surface area contributed by atoms with E-state index in [2.05, 4.69) is 86.4 Å². The average molecular weight is 667 g/mol. The summed E-state index contributed by atoms with van der Waals surface area (Å²) in [5.74, 6) is 1.58. The van der Waals surface area contributed by atoms with Crippen LogP contribution in [0, 0.1) is 23.7 Å². The molecular weight excluding hydrogens is 624 g/mol. The zero-order valence-corrected chi connectivity index (χ0v) is 28.2. The Morgan fingerprint density at radius 1 is 0.900 bits per heavy atom. The minimum absolute atomic E-state index is 0.0317. The number of amides is 2. The Kier molecular flexibility index (Phi) is 5.10. The maximum atomic E-state index is 15.5. The number of hydrogen-bond acceptors (Lipinski definition) is 6. The monoisotopic (exact) mass is 666 g/mol.